The maximum Gasteiger partial charge on any atom is 0.267 e. The molecule has 1 aliphatic heterocycles. The van der Waals surface area contributed by atoms with Crippen molar-refractivity contribution in [3.05, 3.63) is 23.8 Å². The van der Waals surface area contributed by atoms with Crippen LogP contribution in [0.15, 0.2) is 18.2 Å². The van der Waals surface area contributed by atoms with Crippen molar-refractivity contribution in [3.8, 4) is 5.75 Å². The van der Waals surface area contributed by atoms with Crippen LogP contribution in [0.3, 0.4) is 0 Å². The molecule has 1 heterocycles. The first-order valence-corrected chi connectivity index (χ1v) is 6.84. The van der Waals surface area contributed by atoms with Gasteiger partial charge in [-0.05, 0) is 37.0 Å². The highest BCUT2D eigenvalue weighted by Crippen LogP contribution is 2.35. The Morgan fingerprint density at radius 3 is 2.79 bits per heavy atom. The van der Waals surface area contributed by atoms with Crippen molar-refractivity contribution >= 4 is 11.6 Å². The van der Waals surface area contributed by atoms with Crippen molar-refractivity contribution in [1.82, 2.24) is 0 Å². The van der Waals surface area contributed by atoms with Crippen LogP contribution in [0.25, 0.3) is 0 Å². The molecule has 2 N–H and O–H groups in total. The van der Waals surface area contributed by atoms with Gasteiger partial charge in [0.2, 0.25) is 0 Å². The number of hydrogen-bond donors (Lipinski definition) is 1. The third-order valence-corrected chi connectivity index (χ3v) is 3.40. The van der Waals surface area contributed by atoms with Gasteiger partial charge >= 0.3 is 0 Å². The Morgan fingerprint density at radius 2 is 2.16 bits per heavy atom. The zero-order valence-corrected chi connectivity index (χ0v) is 11.8. The maximum atomic E-state index is 12.3. The minimum atomic E-state index is -0.414. The summed E-state index contributed by atoms with van der Waals surface area (Å²) in [5.41, 5.74) is 7.53. The Balaban J connectivity index is 2.33. The summed E-state index contributed by atoms with van der Waals surface area (Å²) in [5.74, 6) is 1.36. The molecule has 0 saturated heterocycles. The highest BCUT2D eigenvalue weighted by Gasteiger charge is 2.31. The van der Waals surface area contributed by atoms with Crippen LogP contribution in [0.5, 0.6) is 5.75 Å². The molecule has 4 heteroatoms. The van der Waals surface area contributed by atoms with Gasteiger partial charge in [-0.15, -0.1) is 0 Å². The number of carbonyl (C=O) groups excluding carboxylic acids is 1. The van der Waals surface area contributed by atoms with Crippen molar-refractivity contribution in [1.29, 1.82) is 0 Å². The normalized spacial score (nSPS) is 18.5. The van der Waals surface area contributed by atoms with Crippen LogP contribution in [0, 0.1) is 5.92 Å². The fourth-order valence-electron chi connectivity index (χ4n) is 2.20. The number of fused-ring (bicyclic) bond motifs is 1. The number of nitrogens with zero attached hydrogens (tertiary/aromatic N) is 1. The molecule has 1 unspecified atom stereocenters. The first-order valence-electron chi connectivity index (χ1n) is 6.84. The Bertz CT molecular complexity index is 471. The van der Waals surface area contributed by atoms with Crippen molar-refractivity contribution in [2.75, 3.05) is 11.4 Å². The van der Waals surface area contributed by atoms with E-state index in [4.69, 9.17) is 10.5 Å². The molecule has 0 aliphatic carbocycles. The lowest BCUT2D eigenvalue weighted by atomic mass is 10.1. The molecule has 1 aromatic carbocycles. The molecule has 4 nitrogen and oxygen atoms in total. The summed E-state index contributed by atoms with van der Waals surface area (Å²) in [6.07, 6.45) is 0.563. The summed E-state index contributed by atoms with van der Waals surface area (Å²) in [5, 5.41) is 0. The van der Waals surface area contributed by atoms with Gasteiger partial charge in [0.15, 0.2) is 6.10 Å². The molecule has 1 aromatic rings. The van der Waals surface area contributed by atoms with Gasteiger partial charge in [-0.3, -0.25) is 4.79 Å². The molecule has 104 valence electrons. The van der Waals surface area contributed by atoms with Crippen LogP contribution in [-0.2, 0) is 11.3 Å². The van der Waals surface area contributed by atoms with Crippen molar-refractivity contribution < 1.29 is 9.53 Å². The van der Waals surface area contributed by atoms with E-state index in [1.165, 1.54) is 0 Å². The van der Waals surface area contributed by atoms with Gasteiger partial charge in [0.05, 0.1) is 5.69 Å². The topological polar surface area (TPSA) is 55.6 Å². The third kappa shape index (κ3) is 2.89. The van der Waals surface area contributed by atoms with Crippen LogP contribution >= 0.6 is 0 Å². The molecular weight excluding hydrogens is 240 g/mol. The molecule has 0 radical (unpaired) electrons. The minimum Gasteiger partial charge on any atom is -0.479 e. The van der Waals surface area contributed by atoms with Crippen LogP contribution in [0.4, 0.5) is 5.69 Å². The van der Waals surface area contributed by atoms with E-state index in [2.05, 4.69) is 13.8 Å². The number of amides is 1. The van der Waals surface area contributed by atoms with Crippen LogP contribution in [0.2, 0.25) is 0 Å². The molecule has 19 heavy (non-hydrogen) atoms. The molecule has 0 bridgehead atoms. The Hall–Kier alpha value is -1.55. The summed E-state index contributed by atoms with van der Waals surface area (Å²) in [4.78, 5) is 14.1. The zero-order valence-electron chi connectivity index (χ0n) is 11.8. The SMILES string of the molecule is CC(C)CCN1C(=O)C(C)Oc2ccc(CN)cc21. The molecule has 0 spiro atoms. The van der Waals surface area contributed by atoms with E-state index in [1.54, 1.807) is 6.92 Å². The standard InChI is InChI=1S/C15H22N2O2/c1-10(2)6-7-17-13-8-12(9-16)4-5-14(13)19-11(3)15(17)18/h4-5,8,10-11H,6-7,9,16H2,1-3H3. The number of rotatable bonds is 4. The van der Waals surface area contributed by atoms with Gasteiger partial charge in [-0.2, -0.15) is 0 Å². The Morgan fingerprint density at radius 1 is 1.42 bits per heavy atom. The summed E-state index contributed by atoms with van der Waals surface area (Å²) in [7, 11) is 0. The van der Waals surface area contributed by atoms with Crippen molar-refractivity contribution in [3.63, 3.8) is 0 Å². The Labute approximate surface area is 114 Å². The molecule has 0 saturated carbocycles. The van der Waals surface area contributed by atoms with Gasteiger partial charge in [0.1, 0.15) is 5.75 Å². The summed E-state index contributed by atoms with van der Waals surface area (Å²) >= 11 is 0. The second-order valence-electron chi connectivity index (χ2n) is 5.44. The second kappa shape index (κ2) is 5.61. The van der Waals surface area contributed by atoms with Gasteiger partial charge in [-0.25, -0.2) is 0 Å². The number of anilines is 1. The highest BCUT2D eigenvalue weighted by molar-refractivity contribution is 5.99. The molecule has 2 rings (SSSR count). The first kappa shape index (κ1) is 13.9. The summed E-state index contributed by atoms with van der Waals surface area (Å²) < 4.78 is 5.65. The van der Waals surface area contributed by atoms with Gasteiger partial charge in [0.25, 0.3) is 5.91 Å². The number of hydrogen-bond acceptors (Lipinski definition) is 3. The predicted octanol–water partition coefficient (Wildman–Crippen LogP) is 2.31. The molecule has 0 fully saturated rings. The predicted molar refractivity (Wildman–Crippen MR) is 76.2 cm³/mol. The molecular formula is C15H22N2O2. The van der Waals surface area contributed by atoms with Crippen LogP contribution < -0.4 is 15.4 Å². The van der Waals surface area contributed by atoms with E-state index in [0.29, 0.717) is 12.5 Å². The van der Waals surface area contributed by atoms with Crippen LogP contribution in [-0.4, -0.2) is 18.6 Å². The summed E-state index contributed by atoms with van der Waals surface area (Å²) in [6, 6.07) is 5.81. The minimum absolute atomic E-state index is 0.0299. The monoisotopic (exact) mass is 262 g/mol. The summed E-state index contributed by atoms with van der Waals surface area (Å²) in [6.45, 7) is 7.31. The van der Waals surface area contributed by atoms with Crippen LogP contribution in [0.1, 0.15) is 32.8 Å². The van der Waals surface area contributed by atoms with E-state index in [9.17, 15) is 4.79 Å². The Kier molecular flexibility index (Phi) is 4.10. The average molecular weight is 262 g/mol. The smallest absolute Gasteiger partial charge is 0.267 e. The number of ether oxygens (including phenoxy) is 1. The average Bonchev–Trinajstić information content (AvgIpc) is 2.38. The zero-order chi connectivity index (χ0) is 14.0. The number of benzene rings is 1. The molecule has 1 aliphatic rings. The third-order valence-electron chi connectivity index (χ3n) is 3.40. The molecule has 0 aromatic heterocycles. The van der Waals surface area contributed by atoms with Crippen molar-refractivity contribution in [2.24, 2.45) is 11.7 Å². The molecule has 1 amide bonds. The fraction of sp³-hybridized carbons (Fsp3) is 0.533. The lowest BCUT2D eigenvalue weighted by Crippen LogP contribution is -2.45. The van der Waals surface area contributed by atoms with Gasteiger partial charge in [0, 0.05) is 13.1 Å². The number of carbonyl (C=O) groups is 1. The largest absolute Gasteiger partial charge is 0.479 e. The molecule has 1 atom stereocenters. The van der Waals surface area contributed by atoms with Gasteiger partial charge in [-0.1, -0.05) is 19.9 Å². The van der Waals surface area contributed by atoms with E-state index >= 15 is 0 Å². The highest BCUT2D eigenvalue weighted by atomic mass is 16.5. The van der Waals surface area contributed by atoms with E-state index in [0.717, 1.165) is 30.0 Å². The first-order chi connectivity index (χ1) is 9.02. The van der Waals surface area contributed by atoms with E-state index < -0.39 is 6.10 Å². The second-order valence-corrected chi connectivity index (χ2v) is 5.44. The number of nitrogens with two attached hydrogens (primary N) is 1. The van der Waals surface area contributed by atoms with E-state index in [1.807, 2.05) is 23.1 Å². The fourth-order valence-corrected chi connectivity index (χ4v) is 2.20. The van der Waals surface area contributed by atoms with Crippen molar-refractivity contribution in [2.45, 2.75) is 39.8 Å². The quantitative estimate of drug-likeness (QED) is 0.906. The van der Waals surface area contributed by atoms with E-state index in [-0.39, 0.29) is 5.91 Å². The maximum absolute atomic E-state index is 12.3. The van der Waals surface area contributed by atoms with Gasteiger partial charge < -0.3 is 15.4 Å². The lowest BCUT2D eigenvalue weighted by Gasteiger charge is -2.33. The lowest BCUT2D eigenvalue weighted by molar-refractivity contribution is -0.125.